The molecule has 1 aliphatic carbocycles. The van der Waals surface area contributed by atoms with Crippen molar-refractivity contribution in [2.45, 2.75) is 69.4 Å². The molecular weight excluding hydrogens is 418 g/mol. The van der Waals surface area contributed by atoms with Crippen LogP contribution in [0.25, 0.3) is 0 Å². The van der Waals surface area contributed by atoms with E-state index in [-0.39, 0.29) is 23.6 Å². The summed E-state index contributed by atoms with van der Waals surface area (Å²) < 4.78 is 11.9. The molecule has 1 atom stereocenters. The number of carbonyl (C=O) groups is 2. The molecule has 2 aromatic rings. The zero-order valence-corrected chi connectivity index (χ0v) is 19.2. The number of hydrogen-bond acceptors (Lipinski definition) is 4. The van der Waals surface area contributed by atoms with Crippen molar-refractivity contribution >= 4 is 11.9 Å². The minimum Gasteiger partial charge on any atom is -0.490 e. The van der Waals surface area contributed by atoms with Gasteiger partial charge in [-0.25, -0.2) is 4.79 Å². The number of carbonyl (C=O) groups excluding carboxylic acids is 1. The Morgan fingerprint density at radius 2 is 1.76 bits per heavy atom. The van der Waals surface area contributed by atoms with Crippen LogP contribution in [0.3, 0.4) is 0 Å². The van der Waals surface area contributed by atoms with E-state index in [1.807, 2.05) is 31.2 Å². The molecule has 0 radical (unpaired) electrons. The minimum atomic E-state index is -0.963. The van der Waals surface area contributed by atoms with Crippen LogP contribution in [-0.4, -0.2) is 36.3 Å². The summed E-state index contributed by atoms with van der Waals surface area (Å²) >= 11 is 0. The van der Waals surface area contributed by atoms with E-state index in [0.717, 1.165) is 29.7 Å². The van der Waals surface area contributed by atoms with Crippen molar-refractivity contribution in [2.24, 2.45) is 0 Å². The first-order valence-corrected chi connectivity index (χ1v) is 12.0. The Hall–Kier alpha value is -2.86. The fraction of sp³-hybridized carbons (Fsp3) is 0.481. The van der Waals surface area contributed by atoms with Gasteiger partial charge in [0.05, 0.1) is 23.1 Å². The lowest BCUT2D eigenvalue weighted by Gasteiger charge is -2.37. The van der Waals surface area contributed by atoms with E-state index in [2.05, 4.69) is 5.32 Å². The molecule has 4 rings (SSSR count). The Balaban J connectivity index is 1.53. The molecule has 2 aromatic carbocycles. The average Bonchev–Trinajstić information content (AvgIpc) is 2.85. The van der Waals surface area contributed by atoms with Crippen LogP contribution >= 0.6 is 0 Å². The smallest absolute Gasteiger partial charge is 0.335 e. The molecule has 0 aromatic heterocycles. The van der Waals surface area contributed by atoms with Crippen LogP contribution < -0.4 is 10.1 Å². The van der Waals surface area contributed by atoms with Gasteiger partial charge < -0.3 is 19.9 Å². The summed E-state index contributed by atoms with van der Waals surface area (Å²) in [6, 6.07) is 14.4. The highest BCUT2D eigenvalue weighted by atomic mass is 16.5. The van der Waals surface area contributed by atoms with Crippen molar-refractivity contribution in [3.8, 4) is 5.75 Å². The van der Waals surface area contributed by atoms with Gasteiger partial charge in [-0.3, -0.25) is 4.79 Å². The van der Waals surface area contributed by atoms with Crippen molar-refractivity contribution in [3.63, 3.8) is 0 Å². The molecule has 6 nitrogen and oxygen atoms in total. The molecule has 2 aliphatic rings. The van der Waals surface area contributed by atoms with Gasteiger partial charge in [0.2, 0.25) is 5.91 Å². The topological polar surface area (TPSA) is 84.9 Å². The summed E-state index contributed by atoms with van der Waals surface area (Å²) in [6.45, 7) is 2.98. The average molecular weight is 452 g/mol. The van der Waals surface area contributed by atoms with Crippen LogP contribution in [0.5, 0.6) is 5.75 Å². The van der Waals surface area contributed by atoms with Gasteiger partial charge in [0, 0.05) is 13.2 Å². The van der Waals surface area contributed by atoms with Crippen molar-refractivity contribution in [3.05, 3.63) is 65.2 Å². The second kappa shape index (κ2) is 10.4. The third-order valence-electron chi connectivity index (χ3n) is 7.03. The van der Waals surface area contributed by atoms with Crippen molar-refractivity contribution in [2.75, 3.05) is 13.2 Å². The molecule has 176 valence electrons. The number of nitrogens with one attached hydrogen (secondary N) is 1. The fourth-order valence-corrected chi connectivity index (χ4v) is 4.94. The molecule has 1 saturated carbocycles. The number of ether oxygens (including phenoxy) is 2. The zero-order valence-electron chi connectivity index (χ0n) is 19.2. The minimum absolute atomic E-state index is 0.0320. The molecule has 0 unspecified atom stereocenters. The highest BCUT2D eigenvalue weighted by Crippen LogP contribution is 2.38. The molecule has 2 fully saturated rings. The van der Waals surface area contributed by atoms with E-state index in [0.29, 0.717) is 26.1 Å². The lowest BCUT2D eigenvalue weighted by Crippen LogP contribution is -2.48. The summed E-state index contributed by atoms with van der Waals surface area (Å²) in [6.07, 6.45) is 7.33. The second-order valence-electron chi connectivity index (χ2n) is 9.22. The third-order valence-corrected chi connectivity index (χ3v) is 7.03. The van der Waals surface area contributed by atoms with Crippen LogP contribution in [0.4, 0.5) is 0 Å². The number of hydrogen-bond donors (Lipinski definition) is 2. The van der Waals surface area contributed by atoms with Crippen LogP contribution in [0.1, 0.15) is 79.4 Å². The number of benzene rings is 2. The van der Waals surface area contributed by atoms with Crippen LogP contribution in [-0.2, 0) is 14.9 Å². The Morgan fingerprint density at radius 1 is 1.06 bits per heavy atom. The van der Waals surface area contributed by atoms with Gasteiger partial charge in [0.15, 0.2) is 0 Å². The van der Waals surface area contributed by atoms with Crippen LogP contribution in [0.15, 0.2) is 48.5 Å². The van der Waals surface area contributed by atoms with Crippen LogP contribution in [0.2, 0.25) is 0 Å². The Bertz CT molecular complexity index is 959. The van der Waals surface area contributed by atoms with Crippen molar-refractivity contribution in [1.82, 2.24) is 5.32 Å². The molecule has 2 N–H and O–H groups in total. The summed E-state index contributed by atoms with van der Waals surface area (Å²) in [5.74, 6) is -0.166. The van der Waals surface area contributed by atoms with Crippen LogP contribution in [0, 0.1) is 0 Å². The SMILES string of the molecule is C[C@H](NC(=O)C1(c2cccc(OC3CCCCC3)c2)CCOCC1)c1ccc(C(=O)O)cc1. The number of carboxylic acid groups (broad SMARTS) is 1. The maximum atomic E-state index is 13.7. The predicted octanol–water partition coefficient (Wildman–Crippen LogP) is 5.02. The fourth-order valence-electron chi connectivity index (χ4n) is 4.94. The molecule has 0 spiro atoms. The van der Waals surface area contributed by atoms with Gasteiger partial charge in [0.1, 0.15) is 5.75 Å². The maximum Gasteiger partial charge on any atom is 0.335 e. The van der Waals surface area contributed by atoms with Gasteiger partial charge >= 0.3 is 5.97 Å². The molecule has 1 amide bonds. The largest absolute Gasteiger partial charge is 0.490 e. The third kappa shape index (κ3) is 5.38. The number of rotatable bonds is 7. The van der Waals surface area contributed by atoms with Crippen molar-refractivity contribution in [1.29, 1.82) is 0 Å². The summed E-state index contributed by atoms with van der Waals surface area (Å²) in [4.78, 5) is 24.8. The predicted molar refractivity (Wildman–Crippen MR) is 126 cm³/mol. The molecule has 0 bridgehead atoms. The Morgan fingerprint density at radius 3 is 2.42 bits per heavy atom. The Kier molecular flexibility index (Phi) is 7.33. The van der Waals surface area contributed by atoms with Gasteiger partial charge in [-0.2, -0.15) is 0 Å². The van der Waals surface area contributed by atoms with E-state index in [1.165, 1.54) is 19.3 Å². The van der Waals surface area contributed by atoms with Gasteiger partial charge in [-0.1, -0.05) is 30.7 Å². The standard InChI is InChI=1S/C27H33NO5/c1-19(20-10-12-21(13-11-20)25(29)30)28-26(31)27(14-16-32-17-15-27)22-6-5-9-24(18-22)33-23-7-3-2-4-8-23/h5-6,9-13,18-19,23H,2-4,7-8,14-17H2,1H3,(H,28,31)(H,29,30)/t19-/m0/s1. The summed E-state index contributed by atoms with van der Waals surface area (Å²) in [5, 5.41) is 12.3. The molecule has 1 aliphatic heterocycles. The highest BCUT2D eigenvalue weighted by Gasteiger charge is 2.42. The lowest BCUT2D eigenvalue weighted by atomic mass is 9.73. The van der Waals surface area contributed by atoms with E-state index >= 15 is 0 Å². The molecular formula is C27H33NO5. The normalized spacial score (nSPS) is 19.4. The molecule has 1 saturated heterocycles. The number of carboxylic acids is 1. The monoisotopic (exact) mass is 451 g/mol. The first-order valence-electron chi connectivity index (χ1n) is 12.0. The van der Waals surface area contributed by atoms with E-state index in [4.69, 9.17) is 14.6 Å². The number of aromatic carboxylic acids is 1. The summed E-state index contributed by atoms with van der Waals surface area (Å²) in [7, 11) is 0. The van der Waals surface area contributed by atoms with Gasteiger partial charge in [-0.15, -0.1) is 0 Å². The molecule has 33 heavy (non-hydrogen) atoms. The molecule has 1 heterocycles. The second-order valence-corrected chi connectivity index (χ2v) is 9.22. The summed E-state index contributed by atoms with van der Waals surface area (Å²) in [5.41, 5.74) is 1.38. The molecule has 6 heteroatoms. The van der Waals surface area contributed by atoms with E-state index in [1.54, 1.807) is 24.3 Å². The first kappa shape index (κ1) is 23.3. The lowest BCUT2D eigenvalue weighted by molar-refractivity contribution is -0.131. The quantitative estimate of drug-likeness (QED) is 0.617. The zero-order chi connectivity index (χ0) is 23.3. The van der Waals surface area contributed by atoms with Gasteiger partial charge in [0.25, 0.3) is 0 Å². The van der Waals surface area contributed by atoms with E-state index in [9.17, 15) is 9.59 Å². The highest BCUT2D eigenvalue weighted by molar-refractivity contribution is 5.89. The van der Waals surface area contributed by atoms with Crippen molar-refractivity contribution < 1.29 is 24.2 Å². The van der Waals surface area contributed by atoms with E-state index < -0.39 is 11.4 Å². The van der Waals surface area contributed by atoms with Gasteiger partial charge in [-0.05, 0) is 80.8 Å². The number of amides is 1. The first-order chi connectivity index (χ1) is 16.0. The maximum absolute atomic E-state index is 13.7. The Labute approximate surface area is 195 Å².